The van der Waals surface area contributed by atoms with Crippen molar-refractivity contribution >= 4 is 51.2 Å². The predicted octanol–water partition coefficient (Wildman–Crippen LogP) is 11.4. The summed E-state index contributed by atoms with van der Waals surface area (Å²) >= 11 is 0. The molecule has 0 spiro atoms. The molecule has 3 heterocycles. The van der Waals surface area contributed by atoms with E-state index < -0.39 is 0 Å². The van der Waals surface area contributed by atoms with Crippen LogP contribution in [0, 0.1) is 20.8 Å². The SMILES string of the molecule is Cc1cc2c3c(c1)-n1c(-c4c(C)cc(C(C)(C)C)cc4C)nc4cc(C(C)(C)C)cc(c41)B3c1cc(C(C)(C)C)ccc1N2c1ccc(C(C)(C)C)cc1. The van der Waals surface area contributed by atoms with E-state index in [0.29, 0.717) is 0 Å². The second-order valence-electron chi connectivity index (χ2n) is 20.5. The number of anilines is 3. The molecule has 0 atom stereocenters. The van der Waals surface area contributed by atoms with Gasteiger partial charge in [-0.2, -0.15) is 0 Å². The lowest BCUT2D eigenvalue weighted by atomic mass is 9.33. The van der Waals surface area contributed by atoms with Crippen molar-refractivity contribution in [2.75, 3.05) is 4.90 Å². The van der Waals surface area contributed by atoms with Gasteiger partial charge in [0, 0.05) is 28.3 Å². The third kappa shape index (κ3) is 5.66. The maximum absolute atomic E-state index is 5.66. The van der Waals surface area contributed by atoms with Gasteiger partial charge < -0.3 is 4.90 Å². The lowest BCUT2D eigenvalue weighted by Gasteiger charge is -2.41. The Labute approximate surface area is 324 Å². The standard InChI is InChI=1S/C50H58BN3/c1-29-22-41-44-42(23-29)54-45-38(27-35(50(13,14)15)28-39(45)52-46(54)43-30(2)24-34(25-31(43)3)49(10,11)12)51(44)37-26-33(48(7,8)9)18-21-40(37)53(41)36-19-16-32(17-20-36)47(4,5)6/h16-28H,1-15H3. The average Bonchev–Trinajstić information content (AvgIpc) is 3.43. The van der Waals surface area contributed by atoms with Crippen LogP contribution in [0.4, 0.5) is 17.1 Å². The van der Waals surface area contributed by atoms with Crippen LogP contribution in [-0.4, -0.2) is 16.3 Å². The maximum Gasteiger partial charge on any atom is 0.252 e. The van der Waals surface area contributed by atoms with Gasteiger partial charge in [0.1, 0.15) is 5.82 Å². The molecule has 3 nitrogen and oxygen atoms in total. The van der Waals surface area contributed by atoms with Crippen molar-refractivity contribution in [2.45, 2.75) is 126 Å². The zero-order chi connectivity index (χ0) is 39.0. The minimum Gasteiger partial charge on any atom is -0.311 e. The molecule has 54 heavy (non-hydrogen) atoms. The van der Waals surface area contributed by atoms with Gasteiger partial charge in [-0.05, 0) is 134 Å². The molecular formula is C50H58BN3. The average molecular weight is 712 g/mol. The summed E-state index contributed by atoms with van der Waals surface area (Å²) < 4.78 is 2.53. The fraction of sp³-hybridized carbons (Fsp3) is 0.380. The van der Waals surface area contributed by atoms with Crippen molar-refractivity contribution in [2.24, 2.45) is 0 Å². The Morgan fingerprint density at radius 1 is 0.500 bits per heavy atom. The van der Waals surface area contributed by atoms with Crippen molar-refractivity contribution < 1.29 is 0 Å². The number of nitrogens with zero attached hydrogens (tertiary/aromatic N) is 3. The monoisotopic (exact) mass is 711 g/mol. The molecule has 6 aromatic rings. The molecule has 0 N–H and O–H groups in total. The van der Waals surface area contributed by atoms with Gasteiger partial charge in [-0.3, -0.25) is 4.57 Å². The highest BCUT2D eigenvalue weighted by molar-refractivity contribution is 7.00. The summed E-state index contributed by atoms with van der Waals surface area (Å²) in [7, 11) is 0. The first-order valence-electron chi connectivity index (χ1n) is 19.9. The summed E-state index contributed by atoms with van der Waals surface area (Å²) in [5.41, 5.74) is 21.8. The van der Waals surface area contributed by atoms with E-state index in [1.165, 1.54) is 89.2 Å². The summed E-state index contributed by atoms with van der Waals surface area (Å²) in [5.74, 6) is 1.04. The van der Waals surface area contributed by atoms with Crippen molar-refractivity contribution in [1.82, 2.24) is 9.55 Å². The summed E-state index contributed by atoms with van der Waals surface area (Å²) in [5, 5.41) is 0. The number of fused-ring (bicyclic) bond motifs is 4. The van der Waals surface area contributed by atoms with Crippen molar-refractivity contribution in [3.8, 4) is 17.1 Å². The van der Waals surface area contributed by atoms with Gasteiger partial charge in [0.2, 0.25) is 0 Å². The molecule has 0 saturated carbocycles. The van der Waals surface area contributed by atoms with Crippen molar-refractivity contribution in [3.05, 3.63) is 118 Å². The topological polar surface area (TPSA) is 21.1 Å². The maximum atomic E-state index is 5.66. The zero-order valence-electron chi connectivity index (χ0n) is 35.4. The Morgan fingerprint density at radius 2 is 1.02 bits per heavy atom. The summed E-state index contributed by atoms with van der Waals surface area (Å²) in [6.45, 7) is 34.7. The Bertz CT molecular complexity index is 2480. The normalized spacial score (nSPS) is 14.1. The van der Waals surface area contributed by atoms with E-state index in [-0.39, 0.29) is 28.4 Å². The first-order chi connectivity index (χ1) is 25.0. The van der Waals surface area contributed by atoms with Gasteiger partial charge in [0.05, 0.1) is 11.0 Å². The van der Waals surface area contributed by atoms with E-state index in [1.807, 2.05) is 0 Å². The van der Waals surface area contributed by atoms with E-state index in [2.05, 4.69) is 192 Å². The van der Waals surface area contributed by atoms with Crippen LogP contribution in [0.1, 0.15) is 122 Å². The van der Waals surface area contributed by atoms with Crippen LogP contribution < -0.4 is 21.3 Å². The highest BCUT2D eigenvalue weighted by Crippen LogP contribution is 2.44. The molecule has 8 rings (SSSR count). The fourth-order valence-electron chi connectivity index (χ4n) is 8.92. The number of benzene rings is 5. The van der Waals surface area contributed by atoms with Gasteiger partial charge in [0.25, 0.3) is 6.71 Å². The predicted molar refractivity (Wildman–Crippen MR) is 235 cm³/mol. The second-order valence-corrected chi connectivity index (χ2v) is 20.5. The van der Waals surface area contributed by atoms with Crippen LogP contribution in [0.25, 0.3) is 28.1 Å². The lowest BCUT2D eigenvalue weighted by Crippen LogP contribution is -2.61. The Balaban J connectivity index is 1.52. The van der Waals surface area contributed by atoms with Gasteiger partial charge >= 0.3 is 0 Å². The Kier molecular flexibility index (Phi) is 7.90. The molecule has 0 saturated heterocycles. The third-order valence-corrected chi connectivity index (χ3v) is 12.1. The van der Waals surface area contributed by atoms with E-state index in [4.69, 9.17) is 4.98 Å². The van der Waals surface area contributed by atoms with Crippen LogP contribution in [0.5, 0.6) is 0 Å². The Morgan fingerprint density at radius 3 is 1.59 bits per heavy atom. The molecule has 2 aliphatic rings. The highest BCUT2D eigenvalue weighted by Gasteiger charge is 2.44. The molecule has 1 aromatic heterocycles. The molecular weight excluding hydrogens is 653 g/mol. The molecule has 5 aromatic carbocycles. The molecule has 0 radical (unpaired) electrons. The van der Waals surface area contributed by atoms with E-state index >= 15 is 0 Å². The largest absolute Gasteiger partial charge is 0.311 e. The molecule has 0 unspecified atom stereocenters. The zero-order valence-corrected chi connectivity index (χ0v) is 35.4. The third-order valence-electron chi connectivity index (χ3n) is 12.1. The minimum absolute atomic E-state index is 0.00502. The number of aromatic nitrogens is 2. The molecule has 4 heteroatoms. The van der Waals surface area contributed by atoms with Crippen LogP contribution in [-0.2, 0) is 21.7 Å². The number of rotatable bonds is 2. The van der Waals surface area contributed by atoms with E-state index in [1.54, 1.807) is 0 Å². The number of aryl methyl sites for hydroxylation is 3. The highest BCUT2D eigenvalue weighted by atomic mass is 15.2. The van der Waals surface area contributed by atoms with Gasteiger partial charge in [0.15, 0.2) is 0 Å². The quantitative estimate of drug-likeness (QED) is 0.167. The number of hydrogen-bond donors (Lipinski definition) is 0. The Hall–Kier alpha value is -4.57. The van der Waals surface area contributed by atoms with Crippen molar-refractivity contribution in [1.29, 1.82) is 0 Å². The van der Waals surface area contributed by atoms with Crippen LogP contribution in [0.15, 0.2) is 78.9 Å². The first-order valence-corrected chi connectivity index (χ1v) is 19.9. The summed E-state index contributed by atoms with van der Waals surface area (Å²) in [6, 6.07) is 31.1. The van der Waals surface area contributed by atoms with Crippen LogP contribution in [0.2, 0.25) is 0 Å². The molecule has 0 amide bonds. The first kappa shape index (κ1) is 36.4. The number of hydrogen-bond acceptors (Lipinski definition) is 2. The molecule has 276 valence electrons. The lowest BCUT2D eigenvalue weighted by molar-refractivity contribution is 0.589. The smallest absolute Gasteiger partial charge is 0.252 e. The molecule has 0 aliphatic carbocycles. The van der Waals surface area contributed by atoms with Gasteiger partial charge in [-0.25, -0.2) is 4.98 Å². The molecule has 0 fully saturated rings. The van der Waals surface area contributed by atoms with Crippen LogP contribution in [0.3, 0.4) is 0 Å². The second kappa shape index (κ2) is 11.7. The van der Waals surface area contributed by atoms with E-state index in [0.717, 1.165) is 11.3 Å². The van der Waals surface area contributed by atoms with Gasteiger partial charge in [-0.15, -0.1) is 0 Å². The van der Waals surface area contributed by atoms with E-state index in [9.17, 15) is 0 Å². The molecule has 0 bridgehead atoms. The summed E-state index contributed by atoms with van der Waals surface area (Å²) in [6.07, 6.45) is 0. The molecule has 2 aliphatic heterocycles. The minimum atomic E-state index is -0.0448. The van der Waals surface area contributed by atoms with Crippen molar-refractivity contribution in [3.63, 3.8) is 0 Å². The summed E-state index contributed by atoms with van der Waals surface area (Å²) in [4.78, 5) is 8.20. The van der Waals surface area contributed by atoms with Gasteiger partial charge in [-0.1, -0.05) is 126 Å². The number of imidazole rings is 1. The fourth-order valence-corrected chi connectivity index (χ4v) is 8.92. The van der Waals surface area contributed by atoms with Crippen LogP contribution >= 0.6 is 0 Å².